The molecular weight excluding hydrogens is 220 g/mol. The molecule has 0 aromatic carbocycles. The van der Waals surface area contributed by atoms with Crippen LogP contribution >= 0.6 is 15.9 Å². The zero-order valence-electron chi connectivity index (χ0n) is 7.10. The number of hydrogen-bond donors (Lipinski definition) is 1. The molecule has 0 spiro atoms. The zero-order chi connectivity index (χ0) is 9.14. The molecule has 1 amide bonds. The molecule has 1 heterocycles. The smallest absolute Gasteiger partial charge is 0.270 e. The van der Waals surface area contributed by atoms with Crippen molar-refractivity contribution in [1.82, 2.24) is 9.88 Å². The van der Waals surface area contributed by atoms with Crippen LogP contribution in [0.5, 0.6) is 0 Å². The monoisotopic (exact) mass is 230 g/mol. The lowest BCUT2D eigenvalue weighted by Gasteiger charge is -2.12. The second-order valence-electron chi connectivity index (χ2n) is 2.55. The summed E-state index contributed by atoms with van der Waals surface area (Å²) in [5, 5.41) is 0. The minimum absolute atomic E-state index is 0.0169. The Morgan fingerprint density at radius 1 is 1.75 bits per heavy atom. The van der Waals surface area contributed by atoms with Crippen molar-refractivity contribution in [1.29, 1.82) is 0 Å². The average Bonchev–Trinajstić information content (AvgIpc) is 2.49. The van der Waals surface area contributed by atoms with E-state index in [-0.39, 0.29) is 5.91 Å². The topological polar surface area (TPSA) is 36.1 Å². The zero-order valence-corrected chi connectivity index (χ0v) is 8.68. The first-order chi connectivity index (χ1) is 5.65. The molecule has 0 saturated carbocycles. The van der Waals surface area contributed by atoms with E-state index in [1.54, 1.807) is 24.2 Å². The van der Waals surface area contributed by atoms with Gasteiger partial charge in [0.15, 0.2) is 0 Å². The van der Waals surface area contributed by atoms with Crippen molar-refractivity contribution < 1.29 is 4.79 Å². The van der Waals surface area contributed by atoms with E-state index in [1.165, 1.54) is 0 Å². The maximum absolute atomic E-state index is 11.5. The van der Waals surface area contributed by atoms with Gasteiger partial charge in [0.25, 0.3) is 5.91 Å². The molecule has 0 bridgehead atoms. The number of aromatic amines is 1. The van der Waals surface area contributed by atoms with Gasteiger partial charge in [0, 0.05) is 24.3 Å². The van der Waals surface area contributed by atoms with Gasteiger partial charge in [0.2, 0.25) is 0 Å². The van der Waals surface area contributed by atoms with E-state index >= 15 is 0 Å². The average molecular weight is 231 g/mol. The van der Waals surface area contributed by atoms with Crippen LogP contribution in [0, 0.1) is 0 Å². The summed E-state index contributed by atoms with van der Waals surface area (Å²) in [7, 11) is 1.77. The SMILES string of the molecule is CCN(C)C(=O)c1cc(Br)c[nH]1. The summed E-state index contributed by atoms with van der Waals surface area (Å²) in [6.07, 6.45) is 1.75. The Bertz CT molecular complexity index is 282. The molecule has 3 nitrogen and oxygen atoms in total. The van der Waals surface area contributed by atoms with Crippen LogP contribution < -0.4 is 0 Å². The van der Waals surface area contributed by atoms with Crippen LogP contribution in [0.3, 0.4) is 0 Å². The number of rotatable bonds is 2. The van der Waals surface area contributed by atoms with Gasteiger partial charge in [-0.05, 0) is 28.9 Å². The van der Waals surface area contributed by atoms with Gasteiger partial charge in [-0.3, -0.25) is 4.79 Å². The number of nitrogens with one attached hydrogen (secondary N) is 1. The predicted molar refractivity (Wildman–Crippen MR) is 51.1 cm³/mol. The maximum Gasteiger partial charge on any atom is 0.270 e. The van der Waals surface area contributed by atoms with Crippen LogP contribution in [0.1, 0.15) is 17.4 Å². The largest absolute Gasteiger partial charge is 0.356 e. The fraction of sp³-hybridized carbons (Fsp3) is 0.375. The number of aromatic nitrogens is 1. The number of amides is 1. The molecule has 0 fully saturated rings. The molecule has 12 heavy (non-hydrogen) atoms. The Balaban J connectivity index is 2.78. The molecule has 1 N–H and O–H groups in total. The number of nitrogens with zero attached hydrogens (tertiary/aromatic N) is 1. The van der Waals surface area contributed by atoms with Crippen LogP contribution in [0.4, 0.5) is 0 Å². The molecule has 0 aliphatic carbocycles. The van der Waals surface area contributed by atoms with Gasteiger partial charge in [-0.1, -0.05) is 0 Å². The summed E-state index contributed by atoms with van der Waals surface area (Å²) >= 11 is 3.27. The number of halogens is 1. The third-order valence-electron chi connectivity index (χ3n) is 1.70. The molecular formula is C8H11BrN2O. The summed E-state index contributed by atoms with van der Waals surface area (Å²) in [5.41, 5.74) is 0.617. The third-order valence-corrected chi connectivity index (χ3v) is 2.16. The first-order valence-electron chi connectivity index (χ1n) is 3.74. The summed E-state index contributed by atoms with van der Waals surface area (Å²) < 4.78 is 0.898. The summed E-state index contributed by atoms with van der Waals surface area (Å²) in [5.74, 6) is 0.0169. The van der Waals surface area contributed by atoms with Gasteiger partial charge in [-0.25, -0.2) is 0 Å². The molecule has 0 aliphatic rings. The highest BCUT2D eigenvalue weighted by atomic mass is 79.9. The van der Waals surface area contributed by atoms with E-state index in [0.717, 1.165) is 11.0 Å². The summed E-state index contributed by atoms with van der Waals surface area (Å²) in [6, 6.07) is 1.77. The highest BCUT2D eigenvalue weighted by Crippen LogP contribution is 2.11. The minimum atomic E-state index is 0.0169. The molecule has 4 heteroatoms. The minimum Gasteiger partial charge on any atom is -0.356 e. The van der Waals surface area contributed by atoms with Crippen molar-refractivity contribution in [2.75, 3.05) is 13.6 Å². The molecule has 1 rings (SSSR count). The van der Waals surface area contributed by atoms with Crippen molar-refractivity contribution >= 4 is 21.8 Å². The van der Waals surface area contributed by atoms with Gasteiger partial charge >= 0.3 is 0 Å². The normalized spacial score (nSPS) is 9.92. The van der Waals surface area contributed by atoms with E-state index in [2.05, 4.69) is 20.9 Å². The molecule has 1 aromatic heterocycles. The lowest BCUT2D eigenvalue weighted by Crippen LogP contribution is -2.26. The Morgan fingerprint density at radius 2 is 2.42 bits per heavy atom. The van der Waals surface area contributed by atoms with Crippen molar-refractivity contribution in [2.24, 2.45) is 0 Å². The molecule has 1 aromatic rings. The number of H-pyrrole nitrogens is 1. The number of carbonyl (C=O) groups is 1. The van der Waals surface area contributed by atoms with Crippen molar-refractivity contribution in [3.05, 3.63) is 22.4 Å². The summed E-state index contributed by atoms with van der Waals surface area (Å²) in [6.45, 7) is 2.66. The molecule has 0 aliphatic heterocycles. The highest BCUT2D eigenvalue weighted by molar-refractivity contribution is 9.10. The third kappa shape index (κ3) is 1.88. The van der Waals surface area contributed by atoms with Crippen LogP contribution in [0.2, 0.25) is 0 Å². The van der Waals surface area contributed by atoms with E-state index < -0.39 is 0 Å². The Hall–Kier alpha value is -0.770. The van der Waals surface area contributed by atoms with Gasteiger partial charge in [0.1, 0.15) is 5.69 Å². The lowest BCUT2D eigenvalue weighted by molar-refractivity contribution is 0.0797. The Morgan fingerprint density at radius 3 is 2.83 bits per heavy atom. The number of carbonyl (C=O) groups excluding carboxylic acids is 1. The van der Waals surface area contributed by atoms with E-state index in [1.807, 2.05) is 6.92 Å². The second-order valence-corrected chi connectivity index (χ2v) is 3.47. The molecule has 0 atom stereocenters. The summed E-state index contributed by atoms with van der Waals surface area (Å²) in [4.78, 5) is 16.0. The molecule has 0 saturated heterocycles. The first-order valence-corrected chi connectivity index (χ1v) is 4.53. The Labute approximate surface area is 79.9 Å². The van der Waals surface area contributed by atoms with E-state index in [0.29, 0.717) is 5.69 Å². The second kappa shape index (κ2) is 3.76. The first kappa shape index (κ1) is 9.32. The lowest BCUT2D eigenvalue weighted by atomic mass is 10.4. The van der Waals surface area contributed by atoms with Gasteiger partial charge < -0.3 is 9.88 Å². The van der Waals surface area contributed by atoms with Crippen LogP contribution in [-0.4, -0.2) is 29.4 Å². The maximum atomic E-state index is 11.5. The fourth-order valence-corrected chi connectivity index (χ4v) is 1.18. The van der Waals surface area contributed by atoms with Gasteiger partial charge in [-0.15, -0.1) is 0 Å². The number of hydrogen-bond acceptors (Lipinski definition) is 1. The Kier molecular flexibility index (Phi) is 2.92. The predicted octanol–water partition coefficient (Wildman–Crippen LogP) is 1.87. The van der Waals surface area contributed by atoms with Gasteiger partial charge in [0.05, 0.1) is 0 Å². The van der Waals surface area contributed by atoms with Crippen molar-refractivity contribution in [2.45, 2.75) is 6.92 Å². The van der Waals surface area contributed by atoms with Crippen LogP contribution in [-0.2, 0) is 0 Å². The quantitative estimate of drug-likeness (QED) is 0.828. The van der Waals surface area contributed by atoms with Crippen LogP contribution in [0.25, 0.3) is 0 Å². The molecule has 66 valence electrons. The van der Waals surface area contributed by atoms with Crippen molar-refractivity contribution in [3.63, 3.8) is 0 Å². The highest BCUT2D eigenvalue weighted by Gasteiger charge is 2.10. The van der Waals surface area contributed by atoms with Gasteiger partial charge in [-0.2, -0.15) is 0 Å². The molecule has 0 unspecified atom stereocenters. The fourth-order valence-electron chi connectivity index (χ4n) is 0.841. The molecule has 0 radical (unpaired) electrons. The van der Waals surface area contributed by atoms with Crippen molar-refractivity contribution in [3.8, 4) is 0 Å². The van der Waals surface area contributed by atoms with Crippen LogP contribution in [0.15, 0.2) is 16.7 Å². The van der Waals surface area contributed by atoms with E-state index in [4.69, 9.17) is 0 Å². The van der Waals surface area contributed by atoms with E-state index in [9.17, 15) is 4.79 Å². The standard InChI is InChI=1S/C8H11BrN2O/c1-3-11(2)8(12)7-4-6(9)5-10-7/h4-5,10H,3H2,1-2H3.